The van der Waals surface area contributed by atoms with Crippen LogP contribution in [0.4, 0.5) is 4.39 Å². The van der Waals surface area contributed by atoms with E-state index in [9.17, 15) is 30.8 Å². The van der Waals surface area contributed by atoms with Crippen LogP contribution in [0.2, 0.25) is 0 Å². The summed E-state index contributed by atoms with van der Waals surface area (Å²) in [5.41, 5.74) is -0.150. The molecule has 0 aromatic heterocycles. The molecule has 0 amide bonds. The van der Waals surface area contributed by atoms with Crippen molar-refractivity contribution in [3.8, 4) is 0 Å². The van der Waals surface area contributed by atoms with Crippen LogP contribution in [-0.2, 0) is 24.4 Å². The molecule has 0 aliphatic carbocycles. The van der Waals surface area contributed by atoms with Gasteiger partial charge in [-0.15, -0.1) is 0 Å². The summed E-state index contributed by atoms with van der Waals surface area (Å²) < 4.78 is 71.6. The first-order valence-corrected chi connectivity index (χ1v) is 10.1. The zero-order chi connectivity index (χ0) is 18.8. The molecular weight excluding hydrogens is 378 g/mol. The van der Waals surface area contributed by atoms with Gasteiger partial charge < -0.3 is 0 Å². The Bertz CT molecular complexity index is 874. The van der Waals surface area contributed by atoms with Crippen LogP contribution in [0.3, 0.4) is 0 Å². The molecule has 1 aromatic rings. The molecule has 1 N–H and O–H groups in total. The van der Waals surface area contributed by atoms with E-state index < -0.39 is 55.4 Å². The second-order valence-corrected chi connectivity index (χ2v) is 8.77. The predicted octanol–water partition coefficient (Wildman–Crippen LogP) is 0.787. The monoisotopic (exact) mass is 393 g/mol. The Hall–Kier alpha value is -1.69. The molecular formula is C14H15FO8S2. The van der Waals surface area contributed by atoms with Gasteiger partial charge in [-0.3, -0.25) is 22.7 Å². The van der Waals surface area contributed by atoms with Crippen LogP contribution in [0.5, 0.6) is 0 Å². The van der Waals surface area contributed by atoms with E-state index in [0.717, 1.165) is 12.1 Å². The summed E-state index contributed by atoms with van der Waals surface area (Å²) in [4.78, 5) is 24.3. The van der Waals surface area contributed by atoms with E-state index >= 15 is 0 Å². The van der Waals surface area contributed by atoms with Gasteiger partial charge in [0.05, 0.1) is 13.3 Å². The first-order chi connectivity index (χ1) is 11.6. The fourth-order valence-electron chi connectivity index (χ4n) is 2.44. The van der Waals surface area contributed by atoms with E-state index in [4.69, 9.17) is 4.55 Å². The minimum absolute atomic E-state index is 0.00419. The number of alkyl halides is 1. The Labute approximate surface area is 143 Å². The molecule has 0 saturated carbocycles. The average molecular weight is 393 g/mol. The van der Waals surface area contributed by atoms with Crippen molar-refractivity contribution in [2.75, 3.05) is 13.3 Å². The van der Waals surface area contributed by atoms with Crippen LogP contribution in [-0.4, -0.2) is 56.7 Å². The Kier molecular flexibility index (Phi) is 5.72. The first-order valence-electron chi connectivity index (χ1n) is 7.17. The molecule has 1 aromatic carbocycles. The lowest BCUT2D eigenvalue weighted by atomic mass is 10.0. The standard InChI is InChI=1S/C14H15FO8S2/c15-7-5-11(24(18,19)20)13(16)9-1-3-10(4-2-9)14(17)12-6-8-23-25(12,21)22/h1-4,11-12H,5-8H2,(H,18,19,20)/i15-1. The van der Waals surface area contributed by atoms with Crippen LogP contribution >= 0.6 is 0 Å². The zero-order valence-electron chi connectivity index (χ0n) is 12.8. The van der Waals surface area contributed by atoms with Gasteiger partial charge in [0.1, 0.15) is 0 Å². The molecule has 1 aliphatic heterocycles. The third-order valence-electron chi connectivity index (χ3n) is 3.75. The van der Waals surface area contributed by atoms with Gasteiger partial charge in [0, 0.05) is 17.5 Å². The van der Waals surface area contributed by atoms with Crippen LogP contribution in [0.1, 0.15) is 33.6 Å². The van der Waals surface area contributed by atoms with E-state index in [1.54, 1.807) is 0 Å². The third kappa shape index (κ3) is 4.29. The number of carbonyl (C=O) groups is 2. The smallest absolute Gasteiger partial charge is 0.277 e. The van der Waals surface area contributed by atoms with Gasteiger partial charge in [0.15, 0.2) is 22.1 Å². The number of hydrogen-bond donors (Lipinski definition) is 1. The fourth-order valence-corrected chi connectivity index (χ4v) is 4.51. The number of halogens is 1. The molecule has 1 aliphatic rings. The fraction of sp³-hybridized carbons (Fsp3) is 0.429. The number of carbonyl (C=O) groups excluding carboxylic acids is 2. The van der Waals surface area contributed by atoms with Crippen molar-refractivity contribution < 1.29 is 39.6 Å². The molecule has 0 bridgehead atoms. The van der Waals surface area contributed by atoms with Gasteiger partial charge in [-0.1, -0.05) is 24.3 Å². The molecule has 25 heavy (non-hydrogen) atoms. The van der Waals surface area contributed by atoms with Crippen molar-refractivity contribution in [3.05, 3.63) is 35.4 Å². The average Bonchev–Trinajstić information content (AvgIpc) is 2.89. The molecule has 2 unspecified atom stereocenters. The van der Waals surface area contributed by atoms with Crippen LogP contribution in [0, 0.1) is 0 Å². The van der Waals surface area contributed by atoms with Crippen molar-refractivity contribution in [1.29, 1.82) is 0 Å². The zero-order valence-corrected chi connectivity index (χ0v) is 14.4. The number of hydrogen-bond acceptors (Lipinski definition) is 7. The highest BCUT2D eigenvalue weighted by Gasteiger charge is 2.39. The summed E-state index contributed by atoms with van der Waals surface area (Å²) in [6, 6.07) is 4.57. The Balaban J connectivity index is 2.25. The molecule has 2 atom stereocenters. The molecule has 0 radical (unpaired) electrons. The topological polar surface area (TPSA) is 132 Å². The maximum Gasteiger partial charge on any atom is 0.277 e. The summed E-state index contributed by atoms with van der Waals surface area (Å²) in [6.07, 6.45) is -0.681. The first kappa shape index (κ1) is 19.6. The minimum atomic E-state index is -4.78. The Morgan fingerprint density at radius 3 is 2.24 bits per heavy atom. The molecule has 2 rings (SSSR count). The molecule has 0 spiro atoms. The molecule has 1 heterocycles. The van der Waals surface area contributed by atoms with Gasteiger partial charge in [0.2, 0.25) is 0 Å². The summed E-state index contributed by atoms with van der Waals surface area (Å²) in [5, 5.41) is -3.27. The van der Waals surface area contributed by atoms with Crippen LogP contribution in [0.25, 0.3) is 0 Å². The number of Topliss-reactive ketones (excluding diaryl/α,β-unsaturated/α-hetero) is 2. The van der Waals surface area contributed by atoms with Crippen molar-refractivity contribution in [2.45, 2.75) is 23.3 Å². The summed E-state index contributed by atoms with van der Waals surface area (Å²) in [5.74, 6) is -1.72. The van der Waals surface area contributed by atoms with Gasteiger partial charge in [-0.2, -0.15) is 16.8 Å². The molecule has 1 fully saturated rings. The highest BCUT2D eigenvalue weighted by molar-refractivity contribution is 7.88. The highest BCUT2D eigenvalue weighted by atomic mass is 32.2. The summed E-state index contributed by atoms with van der Waals surface area (Å²) in [7, 11) is -8.75. The predicted molar refractivity (Wildman–Crippen MR) is 84.3 cm³/mol. The van der Waals surface area contributed by atoms with E-state index in [1.165, 1.54) is 12.1 Å². The van der Waals surface area contributed by atoms with Gasteiger partial charge >= 0.3 is 0 Å². The SMILES string of the molecule is O=C(c1ccc(C(=O)C2CCOS2(=O)=O)cc1)C(CC[18F])S(=O)(=O)O. The molecule has 8 nitrogen and oxygen atoms in total. The lowest BCUT2D eigenvalue weighted by Crippen LogP contribution is -2.30. The maximum atomic E-state index is 12.4. The summed E-state index contributed by atoms with van der Waals surface area (Å²) in [6.45, 7) is -1.21. The van der Waals surface area contributed by atoms with E-state index in [-0.39, 0.29) is 24.2 Å². The van der Waals surface area contributed by atoms with Crippen molar-refractivity contribution in [3.63, 3.8) is 0 Å². The molecule has 11 heteroatoms. The second-order valence-electron chi connectivity index (χ2n) is 5.38. The number of benzene rings is 1. The van der Waals surface area contributed by atoms with Gasteiger partial charge in [-0.05, 0) is 6.42 Å². The molecule has 138 valence electrons. The summed E-state index contributed by atoms with van der Waals surface area (Å²) >= 11 is 0. The van der Waals surface area contributed by atoms with Crippen LogP contribution < -0.4 is 0 Å². The normalized spacial score (nSPS) is 21.0. The number of rotatable bonds is 7. The van der Waals surface area contributed by atoms with E-state index in [0.29, 0.717) is 0 Å². The van der Waals surface area contributed by atoms with Crippen LogP contribution in [0.15, 0.2) is 24.3 Å². The van der Waals surface area contributed by atoms with Crippen molar-refractivity contribution in [1.82, 2.24) is 0 Å². The lowest BCUT2D eigenvalue weighted by molar-refractivity contribution is 0.0970. The molecule has 1 saturated heterocycles. The van der Waals surface area contributed by atoms with Crippen molar-refractivity contribution in [2.24, 2.45) is 0 Å². The third-order valence-corrected chi connectivity index (χ3v) is 6.56. The van der Waals surface area contributed by atoms with E-state index in [2.05, 4.69) is 4.18 Å². The Morgan fingerprint density at radius 2 is 1.80 bits per heavy atom. The quantitative estimate of drug-likeness (QED) is 0.408. The second kappa shape index (κ2) is 7.28. The number of ketones is 2. The van der Waals surface area contributed by atoms with Crippen molar-refractivity contribution >= 4 is 31.8 Å². The lowest BCUT2D eigenvalue weighted by Gasteiger charge is -2.12. The largest absolute Gasteiger partial charge is 0.293 e. The minimum Gasteiger partial charge on any atom is -0.293 e. The van der Waals surface area contributed by atoms with Gasteiger partial charge in [-0.25, -0.2) is 0 Å². The van der Waals surface area contributed by atoms with E-state index in [1.807, 2.05) is 0 Å². The Morgan fingerprint density at radius 1 is 1.24 bits per heavy atom. The maximum absolute atomic E-state index is 12.4. The highest BCUT2D eigenvalue weighted by Crippen LogP contribution is 2.22. The van der Waals surface area contributed by atoms with Gasteiger partial charge in [0.25, 0.3) is 20.2 Å².